The highest BCUT2D eigenvalue weighted by molar-refractivity contribution is 7.88. The predicted molar refractivity (Wildman–Crippen MR) is 174 cm³/mol. The number of urea groups is 1. The third-order valence-corrected chi connectivity index (χ3v) is 9.35. The molecule has 0 bridgehead atoms. The number of amidine groups is 1. The van der Waals surface area contributed by atoms with E-state index in [1.54, 1.807) is 21.9 Å². The van der Waals surface area contributed by atoms with Crippen LogP contribution in [0.4, 0.5) is 4.79 Å². The molecular weight excluding hydrogens is 623 g/mol. The van der Waals surface area contributed by atoms with Gasteiger partial charge in [-0.15, -0.1) is 0 Å². The SMILES string of the molecule is CCOc1ccc(OC(C)C)c(C2=NC(c3ccc(Cl)cc3)C(c3ccc(Cl)cc3)N2C(=O)N2CCN(S(C)(=O)=O)CC2)c1. The van der Waals surface area contributed by atoms with Crippen LogP contribution in [0, 0.1) is 0 Å². The van der Waals surface area contributed by atoms with E-state index in [0.29, 0.717) is 39.6 Å². The summed E-state index contributed by atoms with van der Waals surface area (Å²) >= 11 is 12.5. The number of carbonyl (C=O) groups is 1. The minimum absolute atomic E-state index is 0.138. The van der Waals surface area contributed by atoms with Crippen molar-refractivity contribution in [1.82, 2.24) is 14.1 Å². The molecule has 2 atom stereocenters. The van der Waals surface area contributed by atoms with E-state index in [4.69, 9.17) is 37.7 Å². The summed E-state index contributed by atoms with van der Waals surface area (Å²) in [5.41, 5.74) is 2.32. The van der Waals surface area contributed by atoms with Gasteiger partial charge in [0.15, 0.2) is 0 Å². The number of sulfonamides is 1. The second kappa shape index (κ2) is 13.4. The summed E-state index contributed by atoms with van der Waals surface area (Å²) in [5, 5.41) is 1.16. The summed E-state index contributed by atoms with van der Waals surface area (Å²) in [6, 6.07) is 19.0. The number of piperazine rings is 1. The second-order valence-corrected chi connectivity index (χ2v) is 13.9. The molecule has 44 heavy (non-hydrogen) atoms. The molecule has 0 aliphatic carbocycles. The topological polar surface area (TPSA) is 91.8 Å². The maximum Gasteiger partial charge on any atom is 0.326 e. The molecule has 0 N–H and O–H groups in total. The van der Waals surface area contributed by atoms with Crippen molar-refractivity contribution in [2.24, 2.45) is 4.99 Å². The average molecular weight is 660 g/mol. The number of hydrogen-bond acceptors (Lipinski definition) is 6. The first kappa shape index (κ1) is 32.1. The predicted octanol–water partition coefficient (Wildman–Crippen LogP) is 6.42. The van der Waals surface area contributed by atoms with Gasteiger partial charge in [-0.25, -0.2) is 13.2 Å². The van der Waals surface area contributed by atoms with Gasteiger partial charge < -0.3 is 14.4 Å². The standard InChI is InChI=1S/C32H36Cl2N4O5S/c1-5-42-26-14-15-28(43-21(2)3)27(20-26)31-35-29(22-6-10-24(33)11-7-22)30(23-8-12-25(34)13-9-23)38(31)32(39)36-16-18-37(19-17-36)44(4,40)41/h6-15,20-21,29-30H,5,16-19H2,1-4H3. The van der Waals surface area contributed by atoms with Crippen molar-refractivity contribution in [3.05, 3.63) is 93.5 Å². The summed E-state index contributed by atoms with van der Waals surface area (Å²) in [5.74, 6) is 1.61. The van der Waals surface area contributed by atoms with Gasteiger partial charge in [0.2, 0.25) is 10.0 Å². The van der Waals surface area contributed by atoms with Crippen molar-refractivity contribution in [3.63, 3.8) is 0 Å². The van der Waals surface area contributed by atoms with Gasteiger partial charge in [0.25, 0.3) is 0 Å². The van der Waals surface area contributed by atoms with Crippen molar-refractivity contribution in [3.8, 4) is 11.5 Å². The lowest BCUT2D eigenvalue weighted by Gasteiger charge is -2.38. The molecule has 2 aliphatic rings. The van der Waals surface area contributed by atoms with Gasteiger partial charge in [0.05, 0.1) is 30.6 Å². The van der Waals surface area contributed by atoms with Crippen molar-refractivity contribution in [2.45, 2.75) is 39.0 Å². The first-order chi connectivity index (χ1) is 21.0. The fourth-order valence-corrected chi connectivity index (χ4v) is 6.59. The molecule has 0 aromatic heterocycles. The lowest BCUT2D eigenvalue weighted by Crippen LogP contribution is -2.55. The van der Waals surface area contributed by atoms with Crippen LogP contribution in [0.3, 0.4) is 0 Å². The van der Waals surface area contributed by atoms with E-state index in [2.05, 4.69) is 0 Å². The van der Waals surface area contributed by atoms with Crippen molar-refractivity contribution < 1.29 is 22.7 Å². The van der Waals surface area contributed by atoms with Crippen molar-refractivity contribution in [2.75, 3.05) is 39.0 Å². The zero-order chi connectivity index (χ0) is 31.6. The maximum absolute atomic E-state index is 14.7. The molecule has 0 radical (unpaired) electrons. The molecule has 2 unspecified atom stereocenters. The van der Waals surface area contributed by atoms with Gasteiger partial charge in [-0.3, -0.25) is 9.89 Å². The Labute approximate surface area is 269 Å². The molecule has 1 fully saturated rings. The van der Waals surface area contributed by atoms with E-state index in [1.165, 1.54) is 10.6 Å². The van der Waals surface area contributed by atoms with Crippen molar-refractivity contribution in [1.29, 1.82) is 0 Å². The molecule has 9 nitrogen and oxygen atoms in total. The number of halogens is 2. The third-order valence-electron chi connectivity index (χ3n) is 7.54. The van der Waals surface area contributed by atoms with Gasteiger partial charge in [-0.1, -0.05) is 47.5 Å². The largest absolute Gasteiger partial charge is 0.494 e. The monoisotopic (exact) mass is 658 g/mol. The van der Waals surface area contributed by atoms with E-state index in [1.807, 2.05) is 75.4 Å². The molecule has 12 heteroatoms. The van der Waals surface area contributed by atoms with Crippen LogP contribution in [0.1, 0.15) is 49.5 Å². The fraction of sp³-hybridized carbons (Fsp3) is 0.375. The molecule has 3 aromatic carbocycles. The minimum Gasteiger partial charge on any atom is -0.494 e. The zero-order valence-electron chi connectivity index (χ0n) is 25.1. The zero-order valence-corrected chi connectivity index (χ0v) is 27.4. The number of benzene rings is 3. The molecule has 2 heterocycles. The Bertz CT molecular complexity index is 1620. The first-order valence-corrected chi connectivity index (χ1v) is 17.1. The van der Waals surface area contributed by atoms with Crippen LogP contribution in [0.25, 0.3) is 0 Å². The Morgan fingerprint density at radius 2 is 1.52 bits per heavy atom. The number of amides is 2. The lowest BCUT2D eigenvalue weighted by molar-refractivity contribution is 0.143. The number of ether oxygens (including phenoxy) is 2. The Balaban J connectivity index is 1.67. The fourth-order valence-electron chi connectivity index (χ4n) is 5.51. The summed E-state index contributed by atoms with van der Waals surface area (Å²) in [4.78, 5) is 23.3. The number of nitrogens with zero attached hydrogens (tertiary/aromatic N) is 4. The quantitative estimate of drug-likeness (QED) is 0.278. The smallest absolute Gasteiger partial charge is 0.326 e. The van der Waals surface area contributed by atoms with Gasteiger partial charge in [0.1, 0.15) is 23.4 Å². The average Bonchev–Trinajstić information content (AvgIpc) is 3.38. The van der Waals surface area contributed by atoms with E-state index in [0.717, 1.165) is 11.1 Å². The summed E-state index contributed by atoms with van der Waals surface area (Å²) in [6.45, 7) is 7.14. The van der Waals surface area contributed by atoms with E-state index in [9.17, 15) is 13.2 Å². The Morgan fingerprint density at radius 1 is 0.932 bits per heavy atom. The van der Waals surface area contributed by atoms with Crippen LogP contribution in [0.5, 0.6) is 11.5 Å². The van der Waals surface area contributed by atoms with Crippen LogP contribution >= 0.6 is 23.2 Å². The number of rotatable bonds is 8. The van der Waals surface area contributed by atoms with E-state index in [-0.39, 0.29) is 38.3 Å². The molecular formula is C32H36Cl2N4O5S. The number of carbonyl (C=O) groups excluding carboxylic acids is 1. The van der Waals surface area contributed by atoms with Gasteiger partial charge in [-0.2, -0.15) is 4.31 Å². The second-order valence-electron chi connectivity index (χ2n) is 11.0. The molecule has 234 valence electrons. The van der Waals surface area contributed by atoms with Crippen LogP contribution in [-0.4, -0.2) is 79.5 Å². The summed E-state index contributed by atoms with van der Waals surface area (Å²) in [6.07, 6.45) is 1.05. The molecule has 0 spiro atoms. The van der Waals surface area contributed by atoms with Crippen LogP contribution in [0.15, 0.2) is 71.7 Å². The molecule has 0 saturated carbocycles. The van der Waals surface area contributed by atoms with Crippen LogP contribution < -0.4 is 9.47 Å². The van der Waals surface area contributed by atoms with Gasteiger partial charge in [-0.05, 0) is 74.4 Å². The summed E-state index contributed by atoms with van der Waals surface area (Å²) < 4.78 is 37.9. The van der Waals surface area contributed by atoms with Crippen LogP contribution in [0.2, 0.25) is 10.0 Å². The third kappa shape index (κ3) is 6.99. The molecule has 1 saturated heterocycles. The Kier molecular flexibility index (Phi) is 9.74. The molecule has 5 rings (SSSR count). The highest BCUT2D eigenvalue weighted by atomic mass is 35.5. The number of aliphatic imine (C=N–C) groups is 1. The number of hydrogen-bond donors (Lipinski definition) is 0. The van der Waals surface area contributed by atoms with Gasteiger partial charge in [0, 0.05) is 36.2 Å². The normalized spacial score (nSPS) is 19.3. The lowest BCUT2D eigenvalue weighted by atomic mass is 9.93. The highest BCUT2D eigenvalue weighted by Gasteiger charge is 2.45. The summed E-state index contributed by atoms with van der Waals surface area (Å²) in [7, 11) is -3.38. The minimum atomic E-state index is -3.38. The van der Waals surface area contributed by atoms with Crippen LogP contribution in [-0.2, 0) is 10.0 Å². The molecule has 3 aromatic rings. The van der Waals surface area contributed by atoms with E-state index < -0.39 is 22.1 Å². The Morgan fingerprint density at radius 3 is 2.07 bits per heavy atom. The molecule has 2 amide bonds. The first-order valence-electron chi connectivity index (χ1n) is 14.5. The molecule has 2 aliphatic heterocycles. The Hall–Kier alpha value is -3.31. The van der Waals surface area contributed by atoms with Gasteiger partial charge >= 0.3 is 6.03 Å². The highest BCUT2D eigenvalue weighted by Crippen LogP contribution is 2.46. The van der Waals surface area contributed by atoms with E-state index >= 15 is 0 Å². The maximum atomic E-state index is 14.7. The van der Waals surface area contributed by atoms with Crippen molar-refractivity contribution >= 4 is 45.1 Å².